The molecule has 0 radical (unpaired) electrons. The molecule has 41 heavy (non-hydrogen) atoms. The van der Waals surface area contributed by atoms with Gasteiger partial charge in [0.15, 0.2) is 0 Å². The third-order valence-electron chi connectivity index (χ3n) is 8.74. The summed E-state index contributed by atoms with van der Waals surface area (Å²) in [5.41, 5.74) is 12.0. The van der Waals surface area contributed by atoms with E-state index in [0.717, 1.165) is 52.4 Å². The van der Waals surface area contributed by atoms with E-state index in [1.807, 2.05) is 0 Å². The van der Waals surface area contributed by atoms with Crippen LogP contribution < -0.4 is 16.4 Å². The van der Waals surface area contributed by atoms with E-state index >= 15 is 0 Å². The molecule has 3 heterocycles. The Kier molecular flexibility index (Phi) is 8.49. The Hall–Kier alpha value is -3.49. The highest BCUT2D eigenvalue weighted by molar-refractivity contribution is 5.96. The molecule has 7 nitrogen and oxygen atoms in total. The lowest BCUT2D eigenvalue weighted by Crippen LogP contribution is -2.59. The molecule has 0 aliphatic carbocycles. The van der Waals surface area contributed by atoms with Crippen LogP contribution in [0.25, 0.3) is 22.0 Å². The molecule has 214 valence electrons. The van der Waals surface area contributed by atoms with Crippen molar-refractivity contribution in [2.75, 3.05) is 45.8 Å². The first kappa shape index (κ1) is 27.7. The van der Waals surface area contributed by atoms with E-state index in [-0.39, 0.29) is 5.91 Å². The average Bonchev–Trinajstić information content (AvgIpc) is 3.37. The van der Waals surface area contributed by atoms with Crippen LogP contribution in [-0.4, -0.2) is 71.6 Å². The summed E-state index contributed by atoms with van der Waals surface area (Å²) in [5.74, 6) is -0.0371. The van der Waals surface area contributed by atoms with Gasteiger partial charge in [0.1, 0.15) is 0 Å². The van der Waals surface area contributed by atoms with Crippen LogP contribution >= 0.6 is 0 Å². The summed E-state index contributed by atoms with van der Waals surface area (Å²) in [6.07, 6.45) is 3.59. The Morgan fingerprint density at radius 1 is 0.829 bits per heavy atom. The third-order valence-corrected chi connectivity index (χ3v) is 8.74. The van der Waals surface area contributed by atoms with Crippen LogP contribution in [0.4, 0.5) is 0 Å². The van der Waals surface area contributed by atoms with Crippen LogP contribution in [0.15, 0.2) is 85.1 Å². The maximum absolute atomic E-state index is 12.9. The predicted molar refractivity (Wildman–Crippen MR) is 166 cm³/mol. The highest BCUT2D eigenvalue weighted by Gasteiger charge is 2.34. The van der Waals surface area contributed by atoms with Crippen LogP contribution in [0.1, 0.15) is 24.0 Å². The maximum Gasteiger partial charge on any atom is 0.240 e. The normalized spacial score (nSPS) is 18.0. The zero-order valence-corrected chi connectivity index (χ0v) is 23.9. The van der Waals surface area contributed by atoms with Crippen molar-refractivity contribution in [3.05, 3.63) is 96.2 Å². The largest absolute Gasteiger partial charge is 0.353 e. The number of carbonyl (C=O) groups excluding carboxylic acids is 1. The molecule has 2 aliphatic rings. The zero-order valence-electron chi connectivity index (χ0n) is 23.9. The molecule has 3 aromatic carbocycles. The highest BCUT2D eigenvalue weighted by Crippen LogP contribution is 2.32. The number of fused-ring (bicyclic) bond motifs is 1. The fraction of sp³-hybridized carbons (Fsp3) is 0.382. The van der Waals surface area contributed by atoms with Crippen molar-refractivity contribution in [2.45, 2.75) is 38.0 Å². The molecule has 0 unspecified atom stereocenters. The van der Waals surface area contributed by atoms with Gasteiger partial charge in [-0.1, -0.05) is 66.7 Å². The number of benzene rings is 3. The number of nitrogens with zero attached hydrogens (tertiary/aromatic N) is 3. The van der Waals surface area contributed by atoms with Gasteiger partial charge in [-0.2, -0.15) is 0 Å². The fourth-order valence-corrected chi connectivity index (χ4v) is 6.25. The van der Waals surface area contributed by atoms with Gasteiger partial charge >= 0.3 is 0 Å². The second kappa shape index (κ2) is 12.6. The minimum Gasteiger partial charge on any atom is -0.353 e. The number of hydrogen-bond acceptors (Lipinski definition) is 5. The molecule has 0 spiro atoms. The van der Waals surface area contributed by atoms with Gasteiger partial charge in [0.25, 0.3) is 0 Å². The zero-order chi connectivity index (χ0) is 28.1. The lowest BCUT2D eigenvalue weighted by Gasteiger charge is -2.34. The molecule has 2 saturated heterocycles. The second-order valence-corrected chi connectivity index (χ2v) is 11.7. The van der Waals surface area contributed by atoms with Crippen molar-refractivity contribution >= 4 is 16.8 Å². The van der Waals surface area contributed by atoms with Gasteiger partial charge in [0, 0.05) is 75.0 Å². The standard InChI is InChI=1S/C34H42N6O/c35-34(13-15-36-16-14-34)33(41)37-17-18-40-26-31(29-9-5-2-6-10-29)30-23-28(11-12-32(30)40)25-39-21-19-38(20-22-39)24-27-7-3-1-4-8-27/h1-12,23,26,36H,13-22,24-25,35H2,(H,37,41). The first-order valence-electron chi connectivity index (χ1n) is 15.0. The van der Waals surface area contributed by atoms with Gasteiger partial charge in [-0.05, 0) is 54.8 Å². The first-order valence-corrected chi connectivity index (χ1v) is 15.0. The number of rotatable bonds is 9. The molecule has 1 aromatic heterocycles. The maximum atomic E-state index is 12.9. The minimum absolute atomic E-state index is 0.0371. The molecule has 4 N–H and O–H groups in total. The number of aromatic nitrogens is 1. The number of piperazine rings is 1. The van der Waals surface area contributed by atoms with Crippen molar-refractivity contribution in [1.82, 2.24) is 25.0 Å². The molecular weight excluding hydrogens is 508 g/mol. The van der Waals surface area contributed by atoms with E-state index in [4.69, 9.17) is 5.73 Å². The molecule has 2 fully saturated rings. The monoisotopic (exact) mass is 550 g/mol. The summed E-state index contributed by atoms with van der Waals surface area (Å²) in [6, 6.07) is 28.3. The Balaban J connectivity index is 1.14. The summed E-state index contributed by atoms with van der Waals surface area (Å²) in [5, 5.41) is 7.66. The Morgan fingerprint density at radius 2 is 1.46 bits per heavy atom. The fourth-order valence-electron chi connectivity index (χ4n) is 6.25. The second-order valence-electron chi connectivity index (χ2n) is 11.7. The van der Waals surface area contributed by atoms with E-state index < -0.39 is 5.54 Å². The van der Waals surface area contributed by atoms with Gasteiger partial charge in [-0.3, -0.25) is 14.6 Å². The minimum atomic E-state index is -0.763. The van der Waals surface area contributed by atoms with Crippen LogP contribution in [-0.2, 0) is 24.4 Å². The number of nitrogens with two attached hydrogens (primary N) is 1. The molecule has 0 bridgehead atoms. The summed E-state index contributed by atoms with van der Waals surface area (Å²) >= 11 is 0. The Labute approximate surface area is 243 Å². The lowest BCUT2D eigenvalue weighted by atomic mass is 9.88. The molecule has 0 atom stereocenters. The first-order chi connectivity index (χ1) is 20.1. The predicted octanol–water partition coefficient (Wildman–Crippen LogP) is 3.82. The van der Waals surface area contributed by atoms with Gasteiger partial charge in [-0.15, -0.1) is 0 Å². The SMILES string of the molecule is NC1(C(=O)NCCn2cc(-c3ccccc3)c3cc(CN4CCN(Cc5ccccc5)CC4)ccc32)CCNCC1. The molecule has 6 rings (SSSR count). The molecule has 7 heteroatoms. The van der Waals surface area contributed by atoms with Gasteiger partial charge in [-0.25, -0.2) is 0 Å². The number of carbonyl (C=O) groups is 1. The molecule has 1 amide bonds. The lowest BCUT2D eigenvalue weighted by molar-refractivity contribution is -0.127. The number of piperidine rings is 1. The molecular formula is C34H42N6O. The van der Waals surface area contributed by atoms with E-state index in [9.17, 15) is 4.79 Å². The molecule has 4 aromatic rings. The number of hydrogen-bond donors (Lipinski definition) is 3. The summed E-state index contributed by atoms with van der Waals surface area (Å²) < 4.78 is 2.27. The quantitative estimate of drug-likeness (QED) is 0.295. The summed E-state index contributed by atoms with van der Waals surface area (Å²) in [6.45, 7) is 9.16. The van der Waals surface area contributed by atoms with Crippen LogP contribution in [0.5, 0.6) is 0 Å². The number of amides is 1. The Bertz CT molecular complexity index is 1440. The van der Waals surface area contributed by atoms with Crippen LogP contribution in [0.3, 0.4) is 0 Å². The molecule has 0 saturated carbocycles. The van der Waals surface area contributed by atoms with Crippen molar-refractivity contribution in [2.24, 2.45) is 5.73 Å². The van der Waals surface area contributed by atoms with Gasteiger partial charge in [0.2, 0.25) is 5.91 Å². The number of nitrogens with one attached hydrogen (secondary N) is 2. The van der Waals surface area contributed by atoms with E-state index in [1.54, 1.807) is 0 Å². The van der Waals surface area contributed by atoms with Crippen LogP contribution in [0.2, 0.25) is 0 Å². The molecule has 2 aliphatic heterocycles. The van der Waals surface area contributed by atoms with Crippen molar-refractivity contribution in [3.8, 4) is 11.1 Å². The average molecular weight is 551 g/mol. The van der Waals surface area contributed by atoms with E-state index in [0.29, 0.717) is 25.9 Å². The van der Waals surface area contributed by atoms with E-state index in [1.165, 1.54) is 33.2 Å². The highest BCUT2D eigenvalue weighted by atomic mass is 16.2. The van der Waals surface area contributed by atoms with Gasteiger partial charge < -0.3 is 20.9 Å². The topological polar surface area (TPSA) is 78.6 Å². The van der Waals surface area contributed by atoms with E-state index in [2.05, 4.69) is 110 Å². The van der Waals surface area contributed by atoms with Gasteiger partial charge in [0.05, 0.1) is 5.54 Å². The smallest absolute Gasteiger partial charge is 0.240 e. The van der Waals surface area contributed by atoms with Crippen LogP contribution in [0, 0.1) is 0 Å². The van der Waals surface area contributed by atoms with Crippen molar-refractivity contribution < 1.29 is 4.79 Å². The summed E-state index contributed by atoms with van der Waals surface area (Å²) in [4.78, 5) is 18.0. The third kappa shape index (κ3) is 6.54. The van der Waals surface area contributed by atoms with Crippen molar-refractivity contribution in [1.29, 1.82) is 0 Å². The summed E-state index contributed by atoms with van der Waals surface area (Å²) in [7, 11) is 0. The van der Waals surface area contributed by atoms with Crippen molar-refractivity contribution in [3.63, 3.8) is 0 Å². The Morgan fingerprint density at radius 3 is 2.15 bits per heavy atom.